The lowest BCUT2D eigenvalue weighted by Gasteiger charge is -2.09. The van der Waals surface area contributed by atoms with E-state index in [1.165, 1.54) is 6.08 Å². The Kier molecular flexibility index (Phi) is 7.63. The third kappa shape index (κ3) is 6.16. The van der Waals surface area contributed by atoms with Crippen molar-refractivity contribution in [2.45, 2.75) is 26.9 Å². The monoisotopic (exact) mass is 383 g/mol. The first-order valence-corrected chi connectivity index (χ1v) is 9.04. The zero-order valence-electron chi connectivity index (χ0n) is 16.5. The van der Waals surface area contributed by atoms with E-state index in [0.717, 1.165) is 5.56 Å². The minimum Gasteiger partial charge on any atom is -0.493 e. The Morgan fingerprint density at radius 3 is 2.39 bits per heavy atom. The van der Waals surface area contributed by atoms with Crippen LogP contribution in [0.5, 0.6) is 11.5 Å². The van der Waals surface area contributed by atoms with E-state index in [0.29, 0.717) is 29.4 Å². The molecule has 0 unspecified atom stereocenters. The molecular weight excluding hydrogens is 358 g/mol. The summed E-state index contributed by atoms with van der Waals surface area (Å²) in [7, 11) is 1.57. The molecule has 0 fully saturated rings. The Morgan fingerprint density at radius 1 is 1.07 bits per heavy atom. The van der Waals surface area contributed by atoms with Crippen LogP contribution in [0.25, 0.3) is 6.08 Å². The molecule has 1 amide bonds. The summed E-state index contributed by atoms with van der Waals surface area (Å²) in [6.07, 6.45) is 2.93. The molecule has 0 saturated carbocycles. The molecule has 0 heterocycles. The van der Waals surface area contributed by atoms with Crippen molar-refractivity contribution < 1.29 is 23.8 Å². The van der Waals surface area contributed by atoms with Gasteiger partial charge >= 0.3 is 5.97 Å². The van der Waals surface area contributed by atoms with Gasteiger partial charge in [-0.15, -0.1) is 0 Å². The SMILES string of the molecule is CCOc1ccc(C=CC(=O)Nc2ccc(C(=O)OC(C)C)cc2)cc1OC. The Balaban J connectivity index is 1.99. The number of nitrogens with one attached hydrogen (secondary N) is 1. The number of anilines is 1. The Hall–Kier alpha value is -3.28. The van der Waals surface area contributed by atoms with Gasteiger partial charge in [-0.3, -0.25) is 4.79 Å². The van der Waals surface area contributed by atoms with Crippen LogP contribution in [-0.2, 0) is 9.53 Å². The summed E-state index contributed by atoms with van der Waals surface area (Å²) in [5.41, 5.74) is 1.82. The number of benzene rings is 2. The number of methoxy groups -OCH3 is 1. The van der Waals surface area contributed by atoms with Crippen LogP contribution in [-0.4, -0.2) is 31.7 Å². The summed E-state index contributed by atoms with van der Waals surface area (Å²) >= 11 is 0. The molecule has 0 atom stereocenters. The molecule has 0 saturated heterocycles. The maximum Gasteiger partial charge on any atom is 0.338 e. The van der Waals surface area contributed by atoms with Gasteiger partial charge in [0.1, 0.15) is 0 Å². The number of rotatable bonds is 8. The molecule has 28 heavy (non-hydrogen) atoms. The maximum absolute atomic E-state index is 12.1. The molecule has 6 heteroatoms. The van der Waals surface area contributed by atoms with E-state index < -0.39 is 5.97 Å². The standard InChI is InChI=1S/C22H25NO5/c1-5-27-19-12-6-16(14-20(19)26-4)7-13-21(24)23-18-10-8-17(9-11-18)22(25)28-15(2)3/h6-15H,5H2,1-4H3,(H,23,24). The van der Waals surface area contributed by atoms with E-state index in [4.69, 9.17) is 14.2 Å². The third-order valence-corrected chi connectivity index (χ3v) is 3.65. The van der Waals surface area contributed by atoms with Crippen molar-refractivity contribution in [1.29, 1.82) is 0 Å². The van der Waals surface area contributed by atoms with E-state index >= 15 is 0 Å². The van der Waals surface area contributed by atoms with E-state index in [1.807, 2.05) is 13.0 Å². The number of amides is 1. The van der Waals surface area contributed by atoms with Crippen LogP contribution in [0.15, 0.2) is 48.5 Å². The van der Waals surface area contributed by atoms with Crippen molar-refractivity contribution in [1.82, 2.24) is 0 Å². The molecule has 148 valence electrons. The summed E-state index contributed by atoms with van der Waals surface area (Å²) in [5.74, 6) is 0.582. The van der Waals surface area contributed by atoms with Gasteiger partial charge in [0.05, 0.1) is 25.4 Å². The third-order valence-electron chi connectivity index (χ3n) is 3.65. The van der Waals surface area contributed by atoms with Gasteiger partial charge < -0.3 is 19.5 Å². The highest BCUT2D eigenvalue weighted by Gasteiger charge is 2.09. The van der Waals surface area contributed by atoms with Crippen LogP contribution in [0.1, 0.15) is 36.7 Å². The molecule has 0 radical (unpaired) electrons. The number of carbonyl (C=O) groups is 2. The summed E-state index contributed by atoms with van der Waals surface area (Å²) in [4.78, 5) is 24.0. The number of carbonyl (C=O) groups excluding carboxylic acids is 2. The number of hydrogen-bond donors (Lipinski definition) is 1. The fraction of sp³-hybridized carbons (Fsp3) is 0.273. The topological polar surface area (TPSA) is 73.9 Å². The van der Waals surface area contributed by atoms with Gasteiger partial charge in [0.25, 0.3) is 0 Å². The Morgan fingerprint density at radius 2 is 1.79 bits per heavy atom. The normalized spacial score (nSPS) is 10.8. The highest BCUT2D eigenvalue weighted by Crippen LogP contribution is 2.28. The second-order valence-corrected chi connectivity index (χ2v) is 6.20. The van der Waals surface area contributed by atoms with E-state index in [2.05, 4.69) is 5.32 Å². The van der Waals surface area contributed by atoms with Gasteiger partial charge in [-0.05, 0) is 68.8 Å². The highest BCUT2D eigenvalue weighted by molar-refractivity contribution is 6.02. The maximum atomic E-state index is 12.1. The molecule has 0 aliphatic heterocycles. The van der Waals surface area contributed by atoms with Crippen LogP contribution in [0, 0.1) is 0 Å². The number of esters is 1. The lowest BCUT2D eigenvalue weighted by atomic mass is 10.2. The van der Waals surface area contributed by atoms with Gasteiger partial charge in [-0.2, -0.15) is 0 Å². The molecule has 1 N–H and O–H groups in total. The molecule has 0 aliphatic carbocycles. The van der Waals surface area contributed by atoms with Crippen molar-refractivity contribution in [2.24, 2.45) is 0 Å². The first kappa shape index (κ1) is 21.0. The number of ether oxygens (including phenoxy) is 3. The summed E-state index contributed by atoms with van der Waals surface area (Å²) in [6, 6.07) is 12.0. The van der Waals surface area contributed by atoms with Crippen LogP contribution in [0.4, 0.5) is 5.69 Å². The number of hydrogen-bond acceptors (Lipinski definition) is 5. The average molecular weight is 383 g/mol. The molecule has 0 bridgehead atoms. The van der Waals surface area contributed by atoms with Gasteiger partial charge in [-0.1, -0.05) is 6.07 Å². The van der Waals surface area contributed by atoms with Crippen molar-refractivity contribution in [3.8, 4) is 11.5 Å². The minimum atomic E-state index is -0.391. The van der Waals surface area contributed by atoms with E-state index in [-0.39, 0.29) is 12.0 Å². The average Bonchev–Trinajstić information content (AvgIpc) is 2.67. The lowest BCUT2D eigenvalue weighted by Crippen LogP contribution is -2.12. The molecule has 0 aromatic heterocycles. The van der Waals surface area contributed by atoms with E-state index in [1.54, 1.807) is 63.4 Å². The minimum absolute atomic E-state index is 0.182. The zero-order chi connectivity index (χ0) is 20.5. The first-order chi connectivity index (χ1) is 13.4. The van der Waals surface area contributed by atoms with Gasteiger partial charge in [-0.25, -0.2) is 4.79 Å². The second kappa shape index (κ2) is 10.2. The highest BCUT2D eigenvalue weighted by atomic mass is 16.5. The molecule has 2 rings (SSSR count). The van der Waals surface area contributed by atoms with E-state index in [9.17, 15) is 9.59 Å². The van der Waals surface area contributed by atoms with Crippen LogP contribution in [0.2, 0.25) is 0 Å². The van der Waals surface area contributed by atoms with Crippen molar-refractivity contribution >= 4 is 23.6 Å². The Bertz CT molecular complexity index is 841. The Labute approximate surface area is 165 Å². The predicted molar refractivity (Wildman–Crippen MR) is 109 cm³/mol. The molecule has 2 aromatic carbocycles. The van der Waals surface area contributed by atoms with Gasteiger partial charge in [0.15, 0.2) is 11.5 Å². The molecule has 0 spiro atoms. The molecule has 0 aliphatic rings. The smallest absolute Gasteiger partial charge is 0.338 e. The predicted octanol–water partition coefficient (Wildman–Crippen LogP) is 4.31. The molecule has 2 aromatic rings. The fourth-order valence-corrected chi connectivity index (χ4v) is 2.39. The molecule has 6 nitrogen and oxygen atoms in total. The lowest BCUT2D eigenvalue weighted by molar-refractivity contribution is -0.111. The zero-order valence-corrected chi connectivity index (χ0v) is 16.5. The van der Waals surface area contributed by atoms with Gasteiger partial charge in [0, 0.05) is 11.8 Å². The van der Waals surface area contributed by atoms with Crippen LogP contribution in [0.3, 0.4) is 0 Å². The van der Waals surface area contributed by atoms with Crippen molar-refractivity contribution in [3.05, 3.63) is 59.7 Å². The second-order valence-electron chi connectivity index (χ2n) is 6.20. The van der Waals surface area contributed by atoms with Gasteiger partial charge in [0.2, 0.25) is 5.91 Å². The largest absolute Gasteiger partial charge is 0.493 e. The van der Waals surface area contributed by atoms with Crippen LogP contribution >= 0.6 is 0 Å². The summed E-state index contributed by atoms with van der Waals surface area (Å²) < 4.78 is 15.9. The summed E-state index contributed by atoms with van der Waals surface area (Å²) in [6.45, 7) is 6.02. The van der Waals surface area contributed by atoms with Crippen LogP contribution < -0.4 is 14.8 Å². The quantitative estimate of drug-likeness (QED) is 0.543. The molecular formula is C22H25NO5. The fourth-order valence-electron chi connectivity index (χ4n) is 2.39. The van der Waals surface area contributed by atoms with Crippen molar-refractivity contribution in [2.75, 3.05) is 19.0 Å². The summed E-state index contributed by atoms with van der Waals surface area (Å²) in [5, 5.41) is 2.75. The first-order valence-electron chi connectivity index (χ1n) is 9.04. The van der Waals surface area contributed by atoms with Crippen molar-refractivity contribution in [3.63, 3.8) is 0 Å².